The summed E-state index contributed by atoms with van der Waals surface area (Å²) in [5.74, 6) is 1.90. The molecular formula is C18H17BrN6O. The number of hydrogen-bond acceptors (Lipinski definition) is 6. The molecule has 0 bridgehead atoms. The molecule has 0 aliphatic rings. The minimum Gasteiger partial charge on any atom is -0.368 e. The number of pyridine rings is 1. The number of amides is 1. The van der Waals surface area contributed by atoms with Crippen molar-refractivity contribution in [1.82, 2.24) is 20.3 Å². The molecule has 0 atom stereocenters. The summed E-state index contributed by atoms with van der Waals surface area (Å²) in [6.45, 7) is 1.02. The molecule has 0 aliphatic heterocycles. The number of carbonyl (C=O) groups is 1. The summed E-state index contributed by atoms with van der Waals surface area (Å²) >= 11 is 3.35. The molecule has 26 heavy (non-hydrogen) atoms. The Hall–Kier alpha value is -3.00. The van der Waals surface area contributed by atoms with Gasteiger partial charge < -0.3 is 16.0 Å². The minimum absolute atomic E-state index is 0.112. The van der Waals surface area contributed by atoms with Gasteiger partial charge in [0.25, 0.3) is 5.91 Å². The van der Waals surface area contributed by atoms with E-state index >= 15 is 0 Å². The van der Waals surface area contributed by atoms with Gasteiger partial charge in [0.1, 0.15) is 23.8 Å². The zero-order chi connectivity index (χ0) is 18.2. The fourth-order valence-electron chi connectivity index (χ4n) is 2.16. The second-order valence-electron chi connectivity index (χ2n) is 5.32. The first-order valence-electron chi connectivity index (χ1n) is 7.98. The summed E-state index contributed by atoms with van der Waals surface area (Å²) in [6.07, 6.45) is 3.17. The van der Waals surface area contributed by atoms with Crippen molar-refractivity contribution in [1.29, 1.82) is 0 Å². The number of benzene rings is 1. The Kier molecular flexibility index (Phi) is 6.10. The van der Waals surface area contributed by atoms with Crippen molar-refractivity contribution in [3.63, 3.8) is 0 Å². The van der Waals surface area contributed by atoms with Crippen molar-refractivity contribution in [3.8, 4) is 0 Å². The van der Waals surface area contributed by atoms with Gasteiger partial charge in [-0.2, -0.15) is 0 Å². The van der Waals surface area contributed by atoms with E-state index in [9.17, 15) is 4.79 Å². The highest BCUT2D eigenvalue weighted by Gasteiger charge is 2.04. The minimum atomic E-state index is -0.112. The van der Waals surface area contributed by atoms with E-state index in [0.717, 1.165) is 4.47 Å². The van der Waals surface area contributed by atoms with Crippen molar-refractivity contribution in [2.75, 3.05) is 23.7 Å². The average molecular weight is 413 g/mol. The van der Waals surface area contributed by atoms with Gasteiger partial charge in [0.2, 0.25) is 0 Å². The standard InChI is InChI=1S/C18H17BrN6O/c19-14-6-4-13(5-7-14)18(26)22-10-9-21-16-11-17(24-12-23-16)25-15-3-1-2-8-20-15/h1-8,11-12H,9-10H2,(H,22,26)(H2,20,21,23,24,25). The molecule has 0 unspecified atom stereocenters. The van der Waals surface area contributed by atoms with Crippen LogP contribution in [-0.4, -0.2) is 33.9 Å². The molecule has 0 spiro atoms. The number of halogens is 1. The molecule has 132 valence electrons. The quantitative estimate of drug-likeness (QED) is 0.516. The van der Waals surface area contributed by atoms with E-state index in [-0.39, 0.29) is 5.91 Å². The third-order valence-electron chi connectivity index (χ3n) is 3.41. The first-order chi connectivity index (χ1) is 12.7. The predicted molar refractivity (Wildman–Crippen MR) is 105 cm³/mol. The van der Waals surface area contributed by atoms with Gasteiger partial charge in [-0.3, -0.25) is 4.79 Å². The predicted octanol–water partition coefficient (Wildman–Crippen LogP) is 3.22. The third-order valence-corrected chi connectivity index (χ3v) is 3.94. The van der Waals surface area contributed by atoms with E-state index in [1.807, 2.05) is 30.3 Å². The molecule has 0 aliphatic carbocycles. The second-order valence-corrected chi connectivity index (χ2v) is 6.23. The molecule has 0 saturated heterocycles. The van der Waals surface area contributed by atoms with Crippen LogP contribution in [0.25, 0.3) is 0 Å². The third kappa shape index (κ3) is 5.25. The lowest BCUT2D eigenvalue weighted by Crippen LogP contribution is -2.28. The number of nitrogens with one attached hydrogen (secondary N) is 3. The Morgan fingerprint density at radius 1 is 0.923 bits per heavy atom. The van der Waals surface area contributed by atoms with Crippen LogP contribution in [0.4, 0.5) is 17.5 Å². The van der Waals surface area contributed by atoms with Crippen LogP contribution in [0.1, 0.15) is 10.4 Å². The molecule has 8 heteroatoms. The van der Waals surface area contributed by atoms with Gasteiger partial charge in [0.05, 0.1) is 0 Å². The summed E-state index contributed by atoms with van der Waals surface area (Å²) in [5, 5.41) is 9.11. The maximum absolute atomic E-state index is 12.0. The normalized spacial score (nSPS) is 10.2. The molecule has 0 saturated carbocycles. The fourth-order valence-corrected chi connectivity index (χ4v) is 2.42. The van der Waals surface area contributed by atoms with Gasteiger partial charge in [-0.05, 0) is 36.4 Å². The lowest BCUT2D eigenvalue weighted by molar-refractivity contribution is 0.0955. The van der Waals surface area contributed by atoms with Crippen LogP contribution in [0, 0.1) is 0 Å². The fraction of sp³-hybridized carbons (Fsp3) is 0.111. The highest BCUT2D eigenvalue weighted by Crippen LogP contribution is 2.13. The maximum atomic E-state index is 12.0. The number of hydrogen-bond donors (Lipinski definition) is 3. The molecule has 3 N–H and O–H groups in total. The average Bonchev–Trinajstić information content (AvgIpc) is 2.67. The Labute approximate surface area is 159 Å². The zero-order valence-corrected chi connectivity index (χ0v) is 15.4. The Morgan fingerprint density at radius 3 is 2.50 bits per heavy atom. The van der Waals surface area contributed by atoms with Gasteiger partial charge in [-0.15, -0.1) is 0 Å². The Balaban J connectivity index is 1.47. The topological polar surface area (TPSA) is 91.8 Å². The van der Waals surface area contributed by atoms with E-state index in [0.29, 0.717) is 36.1 Å². The van der Waals surface area contributed by atoms with Gasteiger partial charge in [-0.1, -0.05) is 22.0 Å². The van der Waals surface area contributed by atoms with Crippen LogP contribution < -0.4 is 16.0 Å². The second kappa shape index (κ2) is 8.91. The van der Waals surface area contributed by atoms with Crippen molar-refractivity contribution >= 4 is 39.3 Å². The van der Waals surface area contributed by atoms with Crippen molar-refractivity contribution in [2.45, 2.75) is 0 Å². The summed E-state index contributed by atoms with van der Waals surface area (Å²) in [7, 11) is 0. The molecule has 1 aromatic carbocycles. The van der Waals surface area contributed by atoms with E-state index < -0.39 is 0 Å². The molecule has 1 amide bonds. The number of anilines is 3. The summed E-state index contributed by atoms with van der Waals surface area (Å²) in [6, 6.07) is 14.6. The molecule has 7 nitrogen and oxygen atoms in total. The van der Waals surface area contributed by atoms with E-state index in [2.05, 4.69) is 46.8 Å². The molecule has 3 rings (SSSR count). The van der Waals surface area contributed by atoms with Crippen LogP contribution in [0.5, 0.6) is 0 Å². The monoisotopic (exact) mass is 412 g/mol. The van der Waals surface area contributed by atoms with Crippen LogP contribution in [-0.2, 0) is 0 Å². The Bertz CT molecular complexity index is 857. The first kappa shape index (κ1) is 17.8. The number of carbonyl (C=O) groups excluding carboxylic acids is 1. The van der Waals surface area contributed by atoms with Crippen molar-refractivity contribution < 1.29 is 4.79 Å². The van der Waals surface area contributed by atoms with Crippen LogP contribution in [0.15, 0.2) is 65.5 Å². The molecular weight excluding hydrogens is 396 g/mol. The zero-order valence-electron chi connectivity index (χ0n) is 13.8. The molecule has 0 fully saturated rings. The molecule has 0 radical (unpaired) electrons. The highest BCUT2D eigenvalue weighted by molar-refractivity contribution is 9.10. The Morgan fingerprint density at radius 2 is 1.73 bits per heavy atom. The van der Waals surface area contributed by atoms with Crippen molar-refractivity contribution in [2.24, 2.45) is 0 Å². The van der Waals surface area contributed by atoms with Crippen LogP contribution >= 0.6 is 15.9 Å². The molecule has 2 aromatic heterocycles. The van der Waals surface area contributed by atoms with E-state index in [1.165, 1.54) is 6.33 Å². The number of nitrogens with zero attached hydrogens (tertiary/aromatic N) is 3. The van der Waals surface area contributed by atoms with Crippen molar-refractivity contribution in [3.05, 3.63) is 71.1 Å². The molecule has 2 heterocycles. The van der Waals surface area contributed by atoms with Crippen LogP contribution in [0.2, 0.25) is 0 Å². The number of rotatable bonds is 7. The lowest BCUT2D eigenvalue weighted by Gasteiger charge is -2.09. The number of aromatic nitrogens is 3. The van der Waals surface area contributed by atoms with Crippen LogP contribution in [0.3, 0.4) is 0 Å². The molecule has 3 aromatic rings. The van der Waals surface area contributed by atoms with Gasteiger partial charge >= 0.3 is 0 Å². The smallest absolute Gasteiger partial charge is 0.251 e. The van der Waals surface area contributed by atoms with Gasteiger partial charge in [0.15, 0.2) is 0 Å². The summed E-state index contributed by atoms with van der Waals surface area (Å²) < 4.78 is 0.939. The van der Waals surface area contributed by atoms with Gasteiger partial charge in [-0.25, -0.2) is 15.0 Å². The largest absolute Gasteiger partial charge is 0.368 e. The highest BCUT2D eigenvalue weighted by atomic mass is 79.9. The lowest BCUT2D eigenvalue weighted by atomic mass is 10.2. The first-order valence-corrected chi connectivity index (χ1v) is 8.78. The van der Waals surface area contributed by atoms with Gasteiger partial charge in [0, 0.05) is 35.4 Å². The maximum Gasteiger partial charge on any atom is 0.251 e. The summed E-state index contributed by atoms with van der Waals surface area (Å²) in [5.41, 5.74) is 0.622. The van der Waals surface area contributed by atoms with E-state index in [1.54, 1.807) is 24.4 Å². The van der Waals surface area contributed by atoms with E-state index in [4.69, 9.17) is 0 Å². The SMILES string of the molecule is O=C(NCCNc1cc(Nc2ccccn2)ncn1)c1ccc(Br)cc1. The summed E-state index contributed by atoms with van der Waals surface area (Å²) in [4.78, 5) is 24.5.